The summed E-state index contributed by atoms with van der Waals surface area (Å²) in [6.45, 7) is 9.31. The van der Waals surface area contributed by atoms with E-state index in [-0.39, 0.29) is 17.9 Å². The van der Waals surface area contributed by atoms with E-state index in [1.54, 1.807) is 18.7 Å². The Kier molecular flexibility index (Phi) is 7.15. The summed E-state index contributed by atoms with van der Waals surface area (Å²) in [5.74, 6) is 0.803. The van der Waals surface area contributed by atoms with E-state index in [0.29, 0.717) is 18.9 Å². The number of nitrogens with zero attached hydrogens (tertiary/aromatic N) is 2. The fourth-order valence-corrected chi connectivity index (χ4v) is 2.89. The minimum atomic E-state index is -0.491. The summed E-state index contributed by atoms with van der Waals surface area (Å²) >= 11 is 0. The molecule has 0 saturated carbocycles. The van der Waals surface area contributed by atoms with E-state index >= 15 is 0 Å². The molecule has 1 rings (SSSR count). The molecule has 0 aromatic rings. The lowest BCUT2D eigenvalue weighted by Crippen LogP contribution is -2.42. The molecule has 21 heavy (non-hydrogen) atoms. The van der Waals surface area contributed by atoms with Gasteiger partial charge >= 0.3 is 0 Å². The molecular formula is C16H30N2O3. The summed E-state index contributed by atoms with van der Waals surface area (Å²) in [5, 5.41) is 9.49. The van der Waals surface area contributed by atoms with Crippen LogP contribution in [0.25, 0.3) is 0 Å². The molecule has 0 aromatic carbocycles. The molecular weight excluding hydrogens is 268 g/mol. The first kappa shape index (κ1) is 18.0. The molecule has 5 nitrogen and oxygen atoms in total. The van der Waals surface area contributed by atoms with Crippen LogP contribution in [0.3, 0.4) is 0 Å². The van der Waals surface area contributed by atoms with Crippen molar-refractivity contribution >= 4 is 11.8 Å². The molecule has 1 saturated heterocycles. The number of aliphatic hydroxyl groups is 1. The highest BCUT2D eigenvalue weighted by molar-refractivity contribution is 5.76. The summed E-state index contributed by atoms with van der Waals surface area (Å²) in [6.07, 6.45) is 2.91. The van der Waals surface area contributed by atoms with Crippen molar-refractivity contribution in [2.24, 2.45) is 5.92 Å². The summed E-state index contributed by atoms with van der Waals surface area (Å²) in [4.78, 5) is 27.2. The number of aliphatic hydroxyl groups excluding tert-OH is 1. The van der Waals surface area contributed by atoms with Crippen LogP contribution < -0.4 is 0 Å². The fourth-order valence-electron chi connectivity index (χ4n) is 2.89. The predicted molar refractivity (Wildman–Crippen MR) is 82.7 cm³/mol. The molecule has 2 amide bonds. The highest BCUT2D eigenvalue weighted by Gasteiger charge is 2.23. The number of carbonyl (C=O) groups excluding carboxylic acids is 2. The maximum Gasteiger partial charge on any atom is 0.222 e. The molecule has 1 atom stereocenters. The molecule has 1 heterocycles. The van der Waals surface area contributed by atoms with E-state index in [4.69, 9.17) is 0 Å². The third-order valence-electron chi connectivity index (χ3n) is 4.23. The lowest BCUT2D eigenvalue weighted by Gasteiger charge is -2.32. The zero-order valence-corrected chi connectivity index (χ0v) is 13.8. The number of hydrogen-bond acceptors (Lipinski definition) is 3. The van der Waals surface area contributed by atoms with Crippen molar-refractivity contribution in [3.8, 4) is 0 Å². The predicted octanol–water partition coefficient (Wildman–Crippen LogP) is 1.64. The average molecular weight is 298 g/mol. The van der Waals surface area contributed by atoms with Gasteiger partial charge in [0.15, 0.2) is 0 Å². The number of likely N-dealkylation sites (tertiary alicyclic amines) is 1. The van der Waals surface area contributed by atoms with Crippen LogP contribution in [-0.2, 0) is 9.59 Å². The SMILES string of the molecule is CC(=O)N1CCC(CCC(=O)N(CC(C)O)C(C)C)CC1. The zero-order valence-electron chi connectivity index (χ0n) is 13.8. The highest BCUT2D eigenvalue weighted by atomic mass is 16.3. The first-order valence-corrected chi connectivity index (χ1v) is 8.04. The number of amides is 2. The normalized spacial score (nSPS) is 17.9. The maximum absolute atomic E-state index is 12.3. The summed E-state index contributed by atoms with van der Waals surface area (Å²) in [5.41, 5.74) is 0. The standard InChI is InChI=1S/C16H30N2O3/c1-12(2)18(11-13(3)19)16(21)6-5-15-7-9-17(10-8-15)14(4)20/h12-13,15,19H,5-11H2,1-4H3. The minimum Gasteiger partial charge on any atom is -0.392 e. The second kappa shape index (κ2) is 8.37. The van der Waals surface area contributed by atoms with Gasteiger partial charge in [0.1, 0.15) is 0 Å². The van der Waals surface area contributed by atoms with Crippen LogP contribution in [-0.4, -0.2) is 58.5 Å². The Balaban J connectivity index is 2.37. The van der Waals surface area contributed by atoms with Crippen LogP contribution in [0.2, 0.25) is 0 Å². The number of carbonyl (C=O) groups is 2. The summed E-state index contributed by atoms with van der Waals surface area (Å²) < 4.78 is 0. The first-order valence-electron chi connectivity index (χ1n) is 8.04. The van der Waals surface area contributed by atoms with Crippen molar-refractivity contribution in [1.82, 2.24) is 9.80 Å². The van der Waals surface area contributed by atoms with Crippen LogP contribution in [0, 0.1) is 5.92 Å². The zero-order chi connectivity index (χ0) is 16.0. The minimum absolute atomic E-state index is 0.117. The van der Waals surface area contributed by atoms with Gasteiger partial charge in [0.2, 0.25) is 11.8 Å². The summed E-state index contributed by atoms with van der Waals surface area (Å²) in [6, 6.07) is 0.117. The Morgan fingerprint density at radius 3 is 2.24 bits per heavy atom. The Morgan fingerprint density at radius 1 is 1.24 bits per heavy atom. The fraction of sp³-hybridized carbons (Fsp3) is 0.875. The quantitative estimate of drug-likeness (QED) is 0.811. The number of piperidine rings is 1. The van der Waals surface area contributed by atoms with E-state index in [0.717, 1.165) is 32.4 Å². The van der Waals surface area contributed by atoms with Gasteiger partial charge in [-0.2, -0.15) is 0 Å². The van der Waals surface area contributed by atoms with Gasteiger partial charge in [-0.15, -0.1) is 0 Å². The molecule has 1 unspecified atom stereocenters. The Bertz CT molecular complexity index is 347. The van der Waals surface area contributed by atoms with Gasteiger partial charge in [0.25, 0.3) is 0 Å². The molecule has 0 radical (unpaired) electrons. The van der Waals surface area contributed by atoms with Gasteiger partial charge in [-0.1, -0.05) is 0 Å². The molecule has 1 aliphatic rings. The van der Waals surface area contributed by atoms with Gasteiger partial charge < -0.3 is 14.9 Å². The van der Waals surface area contributed by atoms with Crippen molar-refractivity contribution in [2.45, 2.75) is 65.5 Å². The topological polar surface area (TPSA) is 60.9 Å². The van der Waals surface area contributed by atoms with Crippen molar-refractivity contribution in [1.29, 1.82) is 0 Å². The second-order valence-electron chi connectivity index (χ2n) is 6.48. The van der Waals surface area contributed by atoms with E-state index in [2.05, 4.69) is 0 Å². The largest absolute Gasteiger partial charge is 0.392 e. The monoisotopic (exact) mass is 298 g/mol. The van der Waals surface area contributed by atoms with Crippen LogP contribution >= 0.6 is 0 Å². The van der Waals surface area contributed by atoms with E-state index in [1.165, 1.54) is 0 Å². The third-order valence-corrected chi connectivity index (χ3v) is 4.23. The lowest BCUT2D eigenvalue weighted by molar-refractivity contribution is -0.135. The first-order chi connectivity index (χ1) is 9.81. The van der Waals surface area contributed by atoms with Gasteiger partial charge in [-0.25, -0.2) is 0 Å². The summed E-state index contributed by atoms with van der Waals surface area (Å²) in [7, 11) is 0. The van der Waals surface area contributed by atoms with Gasteiger partial charge in [0, 0.05) is 39.0 Å². The van der Waals surface area contributed by atoms with Crippen molar-refractivity contribution in [2.75, 3.05) is 19.6 Å². The molecule has 1 aliphatic heterocycles. The molecule has 0 aromatic heterocycles. The van der Waals surface area contributed by atoms with Crippen LogP contribution in [0.1, 0.15) is 53.4 Å². The molecule has 1 fully saturated rings. The van der Waals surface area contributed by atoms with Crippen molar-refractivity contribution < 1.29 is 14.7 Å². The van der Waals surface area contributed by atoms with Gasteiger partial charge in [-0.3, -0.25) is 9.59 Å². The van der Waals surface area contributed by atoms with Crippen LogP contribution in [0.15, 0.2) is 0 Å². The Morgan fingerprint density at radius 2 is 1.81 bits per heavy atom. The lowest BCUT2D eigenvalue weighted by atomic mass is 9.92. The van der Waals surface area contributed by atoms with E-state index < -0.39 is 6.10 Å². The second-order valence-corrected chi connectivity index (χ2v) is 6.48. The highest BCUT2D eigenvalue weighted by Crippen LogP contribution is 2.22. The van der Waals surface area contributed by atoms with Gasteiger partial charge in [0.05, 0.1) is 6.10 Å². The number of rotatable bonds is 6. The van der Waals surface area contributed by atoms with Crippen molar-refractivity contribution in [3.05, 3.63) is 0 Å². The Hall–Kier alpha value is -1.10. The molecule has 122 valence electrons. The van der Waals surface area contributed by atoms with E-state index in [1.807, 2.05) is 18.7 Å². The number of hydrogen-bond donors (Lipinski definition) is 1. The van der Waals surface area contributed by atoms with Crippen molar-refractivity contribution in [3.63, 3.8) is 0 Å². The Labute approximate surface area is 128 Å². The molecule has 1 N–H and O–H groups in total. The molecule has 5 heteroatoms. The average Bonchev–Trinajstić information content (AvgIpc) is 2.42. The molecule has 0 spiro atoms. The van der Waals surface area contributed by atoms with Crippen LogP contribution in [0.5, 0.6) is 0 Å². The third kappa shape index (κ3) is 6.04. The molecule has 0 aliphatic carbocycles. The van der Waals surface area contributed by atoms with Crippen LogP contribution in [0.4, 0.5) is 0 Å². The maximum atomic E-state index is 12.3. The van der Waals surface area contributed by atoms with Gasteiger partial charge in [-0.05, 0) is 46.0 Å². The van der Waals surface area contributed by atoms with E-state index in [9.17, 15) is 14.7 Å². The smallest absolute Gasteiger partial charge is 0.222 e. The molecule has 0 bridgehead atoms.